The molecule has 0 bridgehead atoms. The molecule has 0 radical (unpaired) electrons. The van der Waals surface area contributed by atoms with Crippen molar-refractivity contribution in [2.45, 2.75) is 55.5 Å². The van der Waals surface area contributed by atoms with E-state index in [1.54, 1.807) is 0 Å². The van der Waals surface area contributed by atoms with Gasteiger partial charge in [-0.1, -0.05) is 6.55 Å². The molecule has 0 aromatic heterocycles. The zero-order valence-electron chi connectivity index (χ0n) is 11.2. The van der Waals surface area contributed by atoms with Crippen LogP contribution in [0.15, 0.2) is 0 Å². The summed E-state index contributed by atoms with van der Waals surface area (Å²) in [5, 5.41) is 0.379. The SMILES string of the molecule is C[SiH2]C1(C2([SiH3])CCCCO2)CCCCO1.[H+]. The lowest BCUT2D eigenvalue weighted by Crippen LogP contribution is -2.63. The Morgan fingerprint density at radius 3 is 2.20 bits per heavy atom. The van der Waals surface area contributed by atoms with Gasteiger partial charge in [-0.15, -0.1) is 0 Å². The maximum absolute atomic E-state index is 6.23. The maximum Gasteiger partial charge on any atom is 1.00 e. The lowest BCUT2D eigenvalue weighted by Gasteiger charge is -2.52. The summed E-state index contributed by atoms with van der Waals surface area (Å²) >= 11 is 0. The lowest BCUT2D eigenvalue weighted by molar-refractivity contribution is -0.159. The smallest absolute Gasteiger partial charge is 0.377 e. The van der Waals surface area contributed by atoms with Crippen LogP contribution < -0.4 is 0 Å². The molecule has 4 heteroatoms. The van der Waals surface area contributed by atoms with E-state index in [9.17, 15) is 0 Å². The monoisotopic (exact) mass is 245 g/mol. The van der Waals surface area contributed by atoms with Gasteiger partial charge in [0.05, 0.1) is 20.0 Å². The Morgan fingerprint density at radius 2 is 1.73 bits per heavy atom. The van der Waals surface area contributed by atoms with Crippen LogP contribution in [0.1, 0.15) is 40.0 Å². The zero-order valence-corrected chi connectivity index (χ0v) is 13.6. The molecule has 2 heterocycles. The predicted molar refractivity (Wildman–Crippen MR) is 70.5 cm³/mol. The van der Waals surface area contributed by atoms with Gasteiger partial charge in [0, 0.05) is 23.5 Å². The molecule has 0 amide bonds. The van der Waals surface area contributed by atoms with Crippen molar-refractivity contribution in [1.29, 1.82) is 0 Å². The summed E-state index contributed by atoms with van der Waals surface area (Å²) in [6, 6.07) is 0. The minimum atomic E-state index is -0.153. The molecule has 0 aromatic rings. The molecule has 2 fully saturated rings. The average Bonchev–Trinajstić information content (AvgIpc) is 2.31. The molecule has 15 heavy (non-hydrogen) atoms. The standard InChI is InChI=1S/C11H24O2Si2/c1-15-11(7-3-5-9-13-11)10(14)6-2-4-8-12-10/h2-9,15H2,1,14H3/p+1. The second-order valence-electron chi connectivity index (χ2n) is 5.19. The second-order valence-corrected chi connectivity index (χ2v) is 8.65. The fourth-order valence-electron chi connectivity index (χ4n) is 3.22. The molecule has 0 saturated carbocycles. The van der Waals surface area contributed by atoms with E-state index in [-0.39, 0.29) is 21.4 Å². The Morgan fingerprint density at radius 1 is 1.07 bits per heavy atom. The molecule has 2 atom stereocenters. The van der Waals surface area contributed by atoms with Gasteiger partial charge in [-0.25, -0.2) is 0 Å². The highest BCUT2D eigenvalue weighted by Gasteiger charge is 2.49. The molecular formula is C11H25O2Si2+. The first-order valence-electron chi connectivity index (χ1n) is 6.50. The van der Waals surface area contributed by atoms with Gasteiger partial charge in [-0.3, -0.25) is 0 Å². The van der Waals surface area contributed by atoms with Crippen molar-refractivity contribution >= 4 is 19.8 Å². The first-order valence-corrected chi connectivity index (χ1v) is 9.62. The van der Waals surface area contributed by atoms with E-state index in [1.807, 2.05) is 0 Å². The molecule has 0 spiro atoms. The fraction of sp³-hybridized carbons (Fsp3) is 1.00. The molecule has 2 nitrogen and oxygen atoms in total. The topological polar surface area (TPSA) is 18.5 Å². The first kappa shape index (κ1) is 11.8. The van der Waals surface area contributed by atoms with E-state index >= 15 is 0 Å². The Balaban J connectivity index is 0.00000128. The molecule has 88 valence electrons. The van der Waals surface area contributed by atoms with Gasteiger partial charge in [0.1, 0.15) is 0 Å². The average molecular weight is 245 g/mol. The number of rotatable bonds is 2. The predicted octanol–water partition coefficient (Wildman–Crippen LogP) is 0.475. The summed E-state index contributed by atoms with van der Waals surface area (Å²) < 4.78 is 12.4. The van der Waals surface area contributed by atoms with E-state index in [0.29, 0.717) is 0 Å². The van der Waals surface area contributed by atoms with Gasteiger partial charge in [0.15, 0.2) is 0 Å². The highest BCUT2D eigenvalue weighted by Crippen LogP contribution is 2.40. The molecule has 0 aromatic carbocycles. The molecule has 2 saturated heterocycles. The largest absolute Gasteiger partial charge is 1.00 e. The Labute approximate surface area is 99.8 Å². The third-order valence-corrected chi connectivity index (χ3v) is 9.21. The summed E-state index contributed by atoms with van der Waals surface area (Å²) in [7, 11) is 0.989. The quantitative estimate of drug-likeness (QED) is 0.659. The van der Waals surface area contributed by atoms with Gasteiger partial charge in [-0.2, -0.15) is 0 Å². The Kier molecular flexibility index (Phi) is 3.70. The normalized spacial score (nSPS) is 43.8. The highest BCUT2D eigenvalue weighted by atomic mass is 28.2. The second kappa shape index (κ2) is 4.69. The van der Waals surface area contributed by atoms with E-state index in [2.05, 4.69) is 6.55 Å². The fourth-order valence-corrected chi connectivity index (χ4v) is 7.21. The summed E-state index contributed by atoms with van der Waals surface area (Å²) in [4.78, 5) is 0. The molecule has 2 unspecified atom stereocenters. The molecule has 2 rings (SSSR count). The van der Waals surface area contributed by atoms with Crippen molar-refractivity contribution in [2.75, 3.05) is 13.2 Å². The van der Waals surface area contributed by atoms with E-state index in [1.165, 1.54) is 38.5 Å². The van der Waals surface area contributed by atoms with Gasteiger partial charge in [0.25, 0.3) is 0 Å². The first-order chi connectivity index (χ1) is 7.22. The number of ether oxygens (including phenoxy) is 2. The van der Waals surface area contributed by atoms with E-state index in [4.69, 9.17) is 9.47 Å². The van der Waals surface area contributed by atoms with Crippen molar-refractivity contribution in [1.82, 2.24) is 0 Å². The van der Waals surface area contributed by atoms with E-state index in [0.717, 1.165) is 23.5 Å². The van der Waals surface area contributed by atoms with Crippen LogP contribution in [-0.2, 0) is 9.47 Å². The van der Waals surface area contributed by atoms with Gasteiger partial charge in [-0.05, 0) is 38.5 Å². The van der Waals surface area contributed by atoms with Crippen LogP contribution in [0.3, 0.4) is 0 Å². The summed E-state index contributed by atoms with van der Waals surface area (Å²) in [5.74, 6) is 0. The summed E-state index contributed by atoms with van der Waals surface area (Å²) in [6.07, 6.45) is 7.76. The third kappa shape index (κ3) is 2.09. The minimum Gasteiger partial charge on any atom is -0.377 e. The van der Waals surface area contributed by atoms with Crippen LogP contribution in [0.5, 0.6) is 0 Å². The highest BCUT2D eigenvalue weighted by molar-refractivity contribution is 6.41. The van der Waals surface area contributed by atoms with Crippen molar-refractivity contribution in [3.63, 3.8) is 0 Å². The Hall–Kier alpha value is 0.354. The van der Waals surface area contributed by atoms with Crippen LogP contribution in [0, 0.1) is 0 Å². The number of hydrogen-bond acceptors (Lipinski definition) is 2. The molecule has 0 N–H and O–H groups in total. The van der Waals surface area contributed by atoms with Crippen molar-refractivity contribution in [3.8, 4) is 0 Å². The van der Waals surface area contributed by atoms with Crippen LogP contribution in [0.4, 0.5) is 0 Å². The molecule has 2 aliphatic heterocycles. The maximum atomic E-state index is 6.23. The third-order valence-electron chi connectivity index (χ3n) is 4.36. The van der Waals surface area contributed by atoms with E-state index < -0.39 is 0 Å². The van der Waals surface area contributed by atoms with Gasteiger partial charge in [0.2, 0.25) is 0 Å². The van der Waals surface area contributed by atoms with Crippen LogP contribution in [0.25, 0.3) is 0 Å². The Bertz CT molecular complexity index is 214. The molecule has 2 aliphatic rings. The van der Waals surface area contributed by atoms with Gasteiger partial charge < -0.3 is 9.47 Å². The van der Waals surface area contributed by atoms with Crippen LogP contribution >= 0.6 is 0 Å². The summed E-state index contributed by atoms with van der Waals surface area (Å²) in [5.41, 5.74) is 0. The lowest BCUT2D eigenvalue weighted by atomic mass is 9.96. The van der Waals surface area contributed by atoms with Gasteiger partial charge >= 0.3 is 1.43 Å². The van der Waals surface area contributed by atoms with Crippen LogP contribution in [-0.4, -0.2) is 43.4 Å². The molecule has 0 aliphatic carbocycles. The zero-order chi connectivity index (χ0) is 10.8. The minimum absolute atomic E-state index is 0. The van der Waals surface area contributed by atoms with Crippen molar-refractivity contribution in [2.24, 2.45) is 0 Å². The van der Waals surface area contributed by atoms with Crippen molar-refractivity contribution in [3.05, 3.63) is 0 Å². The summed E-state index contributed by atoms with van der Waals surface area (Å²) in [6.45, 7) is 4.36. The van der Waals surface area contributed by atoms with Crippen molar-refractivity contribution < 1.29 is 10.9 Å². The van der Waals surface area contributed by atoms with Crippen LogP contribution in [0.2, 0.25) is 6.55 Å². The number of hydrogen-bond donors (Lipinski definition) is 0. The molecular weight excluding hydrogens is 220 g/mol.